The minimum Gasteiger partial charge on any atom is -0.464 e. The number of esters is 1. The molecular formula is C13H26O3. The number of hydrogen-bond acceptors (Lipinski definition) is 3. The number of carbonyl (C=O) groups excluding carboxylic acids is 1. The van der Waals surface area contributed by atoms with Gasteiger partial charge >= 0.3 is 5.97 Å². The smallest absolute Gasteiger partial charge is 0.334 e. The van der Waals surface area contributed by atoms with Gasteiger partial charge in [0.25, 0.3) is 0 Å². The Morgan fingerprint density at radius 2 is 1.88 bits per heavy atom. The summed E-state index contributed by atoms with van der Waals surface area (Å²) >= 11 is 0. The van der Waals surface area contributed by atoms with E-state index in [9.17, 15) is 9.90 Å². The maximum atomic E-state index is 11.3. The summed E-state index contributed by atoms with van der Waals surface area (Å²) in [6.07, 6.45) is 4.75. The highest BCUT2D eigenvalue weighted by atomic mass is 16.5. The van der Waals surface area contributed by atoms with Crippen LogP contribution in [0.1, 0.15) is 59.3 Å². The SMILES string of the molecule is CCCCCC[C@H](O)C(=O)OCCC(C)C. The van der Waals surface area contributed by atoms with Crippen molar-refractivity contribution in [1.29, 1.82) is 0 Å². The maximum Gasteiger partial charge on any atom is 0.334 e. The van der Waals surface area contributed by atoms with Crippen LogP contribution >= 0.6 is 0 Å². The van der Waals surface area contributed by atoms with Crippen LogP contribution in [0.4, 0.5) is 0 Å². The van der Waals surface area contributed by atoms with Crippen LogP contribution in [0.5, 0.6) is 0 Å². The van der Waals surface area contributed by atoms with Crippen molar-refractivity contribution in [3.63, 3.8) is 0 Å². The normalized spacial score (nSPS) is 12.8. The van der Waals surface area contributed by atoms with Gasteiger partial charge in [-0.15, -0.1) is 0 Å². The highest BCUT2D eigenvalue weighted by Crippen LogP contribution is 2.07. The summed E-state index contributed by atoms with van der Waals surface area (Å²) in [5, 5.41) is 9.51. The molecule has 0 saturated carbocycles. The van der Waals surface area contributed by atoms with E-state index < -0.39 is 12.1 Å². The van der Waals surface area contributed by atoms with Crippen molar-refractivity contribution in [3.05, 3.63) is 0 Å². The van der Waals surface area contributed by atoms with Crippen molar-refractivity contribution >= 4 is 5.97 Å². The molecule has 0 amide bonds. The molecule has 0 aromatic carbocycles. The van der Waals surface area contributed by atoms with Crippen molar-refractivity contribution in [1.82, 2.24) is 0 Å². The minimum absolute atomic E-state index is 0.419. The summed E-state index contributed by atoms with van der Waals surface area (Å²) < 4.78 is 4.98. The molecule has 0 fully saturated rings. The van der Waals surface area contributed by atoms with Gasteiger partial charge in [0.15, 0.2) is 6.10 Å². The Morgan fingerprint density at radius 3 is 2.44 bits per heavy atom. The van der Waals surface area contributed by atoms with Crippen LogP contribution < -0.4 is 0 Å². The summed E-state index contributed by atoms with van der Waals surface area (Å²) in [6, 6.07) is 0. The van der Waals surface area contributed by atoms with Gasteiger partial charge in [-0.2, -0.15) is 0 Å². The Morgan fingerprint density at radius 1 is 1.19 bits per heavy atom. The second-order valence-electron chi connectivity index (χ2n) is 4.72. The molecule has 1 atom stereocenters. The molecule has 0 saturated heterocycles. The van der Waals surface area contributed by atoms with Crippen molar-refractivity contribution in [2.24, 2.45) is 5.92 Å². The number of ether oxygens (including phenoxy) is 1. The van der Waals surface area contributed by atoms with Crippen LogP contribution in [0.15, 0.2) is 0 Å². The molecule has 16 heavy (non-hydrogen) atoms. The molecule has 0 unspecified atom stereocenters. The highest BCUT2D eigenvalue weighted by Gasteiger charge is 2.15. The predicted octanol–water partition coefficient (Wildman–Crippen LogP) is 2.91. The van der Waals surface area contributed by atoms with Gasteiger partial charge in [-0.3, -0.25) is 0 Å². The van der Waals surface area contributed by atoms with E-state index in [0.29, 0.717) is 18.9 Å². The Kier molecular flexibility index (Phi) is 9.30. The Labute approximate surface area is 99.2 Å². The fourth-order valence-corrected chi connectivity index (χ4v) is 1.37. The summed E-state index contributed by atoms with van der Waals surface area (Å²) in [5.41, 5.74) is 0. The van der Waals surface area contributed by atoms with E-state index in [4.69, 9.17) is 4.74 Å². The zero-order valence-electron chi connectivity index (χ0n) is 10.9. The van der Waals surface area contributed by atoms with Gasteiger partial charge in [0.05, 0.1) is 6.61 Å². The Hall–Kier alpha value is -0.570. The maximum absolute atomic E-state index is 11.3. The van der Waals surface area contributed by atoms with Crippen LogP contribution in [0.2, 0.25) is 0 Å². The van der Waals surface area contributed by atoms with Gasteiger partial charge in [-0.25, -0.2) is 4.79 Å². The Balaban J connectivity index is 3.49. The van der Waals surface area contributed by atoms with Gasteiger partial charge < -0.3 is 9.84 Å². The number of carbonyl (C=O) groups is 1. The van der Waals surface area contributed by atoms with Crippen molar-refractivity contribution < 1.29 is 14.6 Å². The van der Waals surface area contributed by atoms with E-state index in [2.05, 4.69) is 20.8 Å². The van der Waals surface area contributed by atoms with Gasteiger partial charge in [0, 0.05) is 0 Å². The van der Waals surface area contributed by atoms with E-state index >= 15 is 0 Å². The first-order chi connectivity index (χ1) is 7.57. The molecule has 0 bridgehead atoms. The number of rotatable bonds is 9. The van der Waals surface area contributed by atoms with Gasteiger partial charge in [-0.05, 0) is 18.8 Å². The number of unbranched alkanes of at least 4 members (excludes halogenated alkanes) is 3. The van der Waals surface area contributed by atoms with E-state index in [1.807, 2.05) is 0 Å². The number of aliphatic hydroxyl groups excluding tert-OH is 1. The number of hydrogen-bond donors (Lipinski definition) is 1. The molecular weight excluding hydrogens is 204 g/mol. The van der Waals surface area contributed by atoms with Crippen molar-refractivity contribution in [2.75, 3.05) is 6.61 Å². The van der Waals surface area contributed by atoms with E-state index in [0.717, 1.165) is 32.1 Å². The molecule has 0 heterocycles. The molecule has 96 valence electrons. The minimum atomic E-state index is -0.927. The predicted molar refractivity (Wildman–Crippen MR) is 65.2 cm³/mol. The third-order valence-corrected chi connectivity index (χ3v) is 2.54. The van der Waals surface area contributed by atoms with E-state index in [1.165, 1.54) is 0 Å². The first-order valence-electron chi connectivity index (χ1n) is 6.42. The monoisotopic (exact) mass is 230 g/mol. The lowest BCUT2D eigenvalue weighted by atomic mass is 10.1. The third-order valence-electron chi connectivity index (χ3n) is 2.54. The van der Waals surface area contributed by atoms with Crippen LogP contribution in [0.25, 0.3) is 0 Å². The average molecular weight is 230 g/mol. The quantitative estimate of drug-likeness (QED) is 0.489. The van der Waals surface area contributed by atoms with Crippen LogP contribution in [0.3, 0.4) is 0 Å². The van der Waals surface area contributed by atoms with Crippen LogP contribution in [-0.4, -0.2) is 23.8 Å². The molecule has 0 aromatic rings. The molecule has 0 aromatic heterocycles. The van der Waals surface area contributed by atoms with Crippen molar-refractivity contribution in [3.8, 4) is 0 Å². The van der Waals surface area contributed by atoms with Gasteiger partial charge in [0.1, 0.15) is 0 Å². The first kappa shape index (κ1) is 15.4. The molecule has 1 N–H and O–H groups in total. The molecule has 3 nitrogen and oxygen atoms in total. The number of aliphatic hydroxyl groups is 1. The summed E-state index contributed by atoms with van der Waals surface area (Å²) in [5.74, 6) is 0.0617. The second-order valence-corrected chi connectivity index (χ2v) is 4.72. The topological polar surface area (TPSA) is 46.5 Å². The van der Waals surface area contributed by atoms with Gasteiger partial charge in [0.2, 0.25) is 0 Å². The molecule has 0 rings (SSSR count). The third kappa shape index (κ3) is 8.72. The standard InChI is InChI=1S/C13H26O3/c1-4-5-6-7-8-12(14)13(15)16-10-9-11(2)3/h11-12,14H,4-10H2,1-3H3/t12-/m0/s1. The lowest BCUT2D eigenvalue weighted by Crippen LogP contribution is -2.23. The highest BCUT2D eigenvalue weighted by molar-refractivity contribution is 5.74. The lowest BCUT2D eigenvalue weighted by molar-refractivity contribution is -0.154. The summed E-state index contributed by atoms with van der Waals surface area (Å²) in [6.45, 7) is 6.71. The van der Waals surface area contributed by atoms with Crippen LogP contribution in [-0.2, 0) is 9.53 Å². The summed E-state index contributed by atoms with van der Waals surface area (Å²) in [4.78, 5) is 11.3. The zero-order valence-corrected chi connectivity index (χ0v) is 10.9. The molecule has 0 aliphatic rings. The first-order valence-corrected chi connectivity index (χ1v) is 6.42. The van der Waals surface area contributed by atoms with E-state index in [1.54, 1.807) is 0 Å². The Bertz CT molecular complexity index is 178. The molecule has 0 spiro atoms. The largest absolute Gasteiger partial charge is 0.464 e. The second kappa shape index (κ2) is 9.64. The van der Waals surface area contributed by atoms with Crippen molar-refractivity contribution in [2.45, 2.75) is 65.4 Å². The molecule has 0 aliphatic heterocycles. The van der Waals surface area contributed by atoms with E-state index in [-0.39, 0.29) is 0 Å². The fraction of sp³-hybridized carbons (Fsp3) is 0.923. The average Bonchev–Trinajstić information content (AvgIpc) is 2.23. The molecule has 3 heteroatoms. The summed E-state index contributed by atoms with van der Waals surface area (Å²) in [7, 11) is 0. The molecule has 0 radical (unpaired) electrons. The van der Waals surface area contributed by atoms with Gasteiger partial charge in [-0.1, -0.05) is 46.5 Å². The lowest BCUT2D eigenvalue weighted by Gasteiger charge is -2.11. The zero-order chi connectivity index (χ0) is 12.4. The van der Waals surface area contributed by atoms with Crippen LogP contribution in [0, 0.1) is 5.92 Å². The fourth-order valence-electron chi connectivity index (χ4n) is 1.37. The molecule has 0 aliphatic carbocycles.